The van der Waals surface area contributed by atoms with Crippen molar-refractivity contribution in [2.24, 2.45) is 5.92 Å². The molecule has 0 aromatic heterocycles. The minimum Gasteiger partial charge on any atom is -0.455 e. The average molecular weight is 294 g/mol. The van der Waals surface area contributed by atoms with Crippen LogP contribution in [0.2, 0.25) is 0 Å². The highest BCUT2D eigenvalue weighted by atomic mass is 16.7. The Kier molecular flexibility index (Phi) is 3.57. The second-order valence-electron chi connectivity index (χ2n) is 5.89. The quantitative estimate of drug-likeness (QED) is 0.535. The Morgan fingerprint density at radius 2 is 2.10 bits per heavy atom. The first-order chi connectivity index (χ1) is 9.97. The average Bonchev–Trinajstić information content (AvgIpc) is 3.03. The van der Waals surface area contributed by atoms with Crippen LogP contribution in [0.25, 0.3) is 0 Å². The fraction of sp³-hybridized carbons (Fsp3) is 0.667. The van der Waals surface area contributed by atoms with Gasteiger partial charge < -0.3 is 14.2 Å². The summed E-state index contributed by atoms with van der Waals surface area (Å²) in [6.07, 6.45) is -0.00686. The third kappa shape index (κ3) is 2.48. The van der Waals surface area contributed by atoms with Crippen LogP contribution in [-0.4, -0.2) is 42.1 Å². The number of hydrogen-bond acceptors (Lipinski definition) is 6. The molecule has 3 heterocycles. The molecule has 0 aromatic rings. The van der Waals surface area contributed by atoms with Crippen LogP contribution in [-0.2, 0) is 28.6 Å². The maximum atomic E-state index is 11.8. The van der Waals surface area contributed by atoms with Crippen LogP contribution in [0.4, 0.5) is 0 Å². The molecule has 2 bridgehead atoms. The summed E-state index contributed by atoms with van der Waals surface area (Å²) in [5.41, 5.74) is 0.494. The van der Waals surface area contributed by atoms with Crippen molar-refractivity contribution >= 4 is 17.7 Å². The Morgan fingerprint density at radius 1 is 1.33 bits per heavy atom. The molecule has 0 spiro atoms. The smallest absolute Gasteiger partial charge is 0.312 e. The highest BCUT2D eigenvalue weighted by Crippen LogP contribution is 2.47. The van der Waals surface area contributed by atoms with Crippen molar-refractivity contribution < 1.29 is 28.6 Å². The number of ether oxygens (including phenoxy) is 3. The summed E-state index contributed by atoms with van der Waals surface area (Å²) in [5, 5.41) is 0. The minimum absolute atomic E-state index is 0.0429. The van der Waals surface area contributed by atoms with E-state index in [1.165, 1.54) is 0 Å². The lowest BCUT2D eigenvalue weighted by atomic mass is 9.88. The summed E-state index contributed by atoms with van der Waals surface area (Å²) in [6, 6.07) is 0. The van der Waals surface area contributed by atoms with Crippen LogP contribution in [0.15, 0.2) is 12.2 Å². The summed E-state index contributed by atoms with van der Waals surface area (Å²) < 4.78 is 16.2. The summed E-state index contributed by atoms with van der Waals surface area (Å²) in [5.74, 6) is -0.870. The summed E-state index contributed by atoms with van der Waals surface area (Å²) >= 11 is 0. The lowest BCUT2D eigenvalue weighted by molar-refractivity contribution is -0.160. The zero-order valence-corrected chi connectivity index (χ0v) is 11.9. The number of carbonyl (C=O) groups excluding carboxylic acids is 3. The van der Waals surface area contributed by atoms with E-state index in [1.807, 2.05) is 0 Å². The Labute approximate surface area is 122 Å². The van der Waals surface area contributed by atoms with Gasteiger partial charge in [0.05, 0.1) is 12.0 Å². The van der Waals surface area contributed by atoms with Crippen molar-refractivity contribution in [2.75, 3.05) is 0 Å². The van der Waals surface area contributed by atoms with E-state index >= 15 is 0 Å². The van der Waals surface area contributed by atoms with Gasteiger partial charge in [0.25, 0.3) is 0 Å². The zero-order valence-electron chi connectivity index (χ0n) is 11.9. The van der Waals surface area contributed by atoms with Gasteiger partial charge in [0.2, 0.25) is 0 Å². The maximum absolute atomic E-state index is 11.8. The van der Waals surface area contributed by atoms with Crippen molar-refractivity contribution in [3.63, 3.8) is 0 Å². The molecule has 3 aliphatic rings. The molecule has 0 N–H and O–H groups in total. The molecule has 21 heavy (non-hydrogen) atoms. The fourth-order valence-corrected chi connectivity index (χ4v) is 3.20. The van der Waals surface area contributed by atoms with E-state index in [0.717, 1.165) is 0 Å². The summed E-state index contributed by atoms with van der Waals surface area (Å²) in [4.78, 5) is 34.8. The molecule has 5 atom stereocenters. The Balaban J connectivity index is 1.47. The second-order valence-corrected chi connectivity index (χ2v) is 5.89. The summed E-state index contributed by atoms with van der Waals surface area (Å²) in [6.45, 7) is 5.21. The van der Waals surface area contributed by atoms with Gasteiger partial charge in [-0.25, -0.2) is 0 Å². The lowest BCUT2D eigenvalue weighted by Crippen LogP contribution is -2.40. The first-order valence-corrected chi connectivity index (χ1v) is 7.21. The zero-order chi connectivity index (χ0) is 15.1. The van der Waals surface area contributed by atoms with E-state index in [2.05, 4.69) is 6.58 Å². The number of fused-ring (bicyclic) bond motifs is 1. The predicted molar refractivity (Wildman–Crippen MR) is 70.2 cm³/mol. The Morgan fingerprint density at radius 3 is 2.81 bits per heavy atom. The summed E-state index contributed by atoms with van der Waals surface area (Å²) in [7, 11) is 0. The van der Waals surface area contributed by atoms with Gasteiger partial charge in [-0.05, 0) is 25.3 Å². The maximum Gasteiger partial charge on any atom is 0.312 e. The van der Waals surface area contributed by atoms with Gasteiger partial charge in [0, 0.05) is 12.8 Å². The highest BCUT2D eigenvalue weighted by molar-refractivity contribution is 5.94. The number of ketones is 1. The molecular weight excluding hydrogens is 276 g/mol. The molecule has 0 amide bonds. The largest absolute Gasteiger partial charge is 0.455 e. The van der Waals surface area contributed by atoms with Crippen molar-refractivity contribution in [1.29, 1.82) is 0 Å². The van der Waals surface area contributed by atoms with E-state index in [9.17, 15) is 14.4 Å². The first-order valence-electron chi connectivity index (χ1n) is 7.21. The van der Waals surface area contributed by atoms with Gasteiger partial charge in [-0.15, -0.1) is 0 Å². The van der Waals surface area contributed by atoms with Crippen molar-refractivity contribution in [3.8, 4) is 0 Å². The van der Waals surface area contributed by atoms with E-state index in [1.54, 1.807) is 6.92 Å². The monoisotopic (exact) mass is 294 g/mol. The van der Waals surface area contributed by atoms with E-state index in [4.69, 9.17) is 14.2 Å². The number of allylic oxidation sites excluding steroid dienone is 1. The number of Topliss-reactive ketones (excluding diaryl/α,β-unsaturated/α-hetero) is 1. The molecule has 114 valence electrons. The number of hydrogen-bond donors (Lipinski definition) is 0. The van der Waals surface area contributed by atoms with Gasteiger partial charge in [0.15, 0.2) is 18.0 Å². The van der Waals surface area contributed by atoms with Crippen LogP contribution in [0.3, 0.4) is 0 Å². The van der Waals surface area contributed by atoms with Crippen LogP contribution in [0, 0.1) is 5.92 Å². The third-order valence-corrected chi connectivity index (χ3v) is 4.31. The normalized spacial score (nSPS) is 35.7. The fourth-order valence-electron chi connectivity index (χ4n) is 3.20. The first kappa shape index (κ1) is 14.3. The lowest BCUT2D eigenvalue weighted by Gasteiger charge is -2.22. The molecule has 3 aliphatic heterocycles. The topological polar surface area (TPSA) is 78.9 Å². The van der Waals surface area contributed by atoms with Crippen molar-refractivity contribution in [2.45, 2.75) is 57.0 Å². The minimum atomic E-state index is -0.498. The van der Waals surface area contributed by atoms with Gasteiger partial charge in [-0.2, -0.15) is 0 Å². The number of carbonyl (C=O) groups is 3. The highest BCUT2D eigenvalue weighted by Gasteiger charge is 2.65. The number of rotatable bonds is 6. The van der Waals surface area contributed by atoms with Gasteiger partial charge >= 0.3 is 11.9 Å². The van der Waals surface area contributed by atoms with Crippen molar-refractivity contribution in [3.05, 3.63) is 12.2 Å². The predicted octanol–water partition coefficient (Wildman–Crippen LogP) is 0.926. The molecule has 3 saturated heterocycles. The van der Waals surface area contributed by atoms with Gasteiger partial charge in [-0.1, -0.05) is 6.58 Å². The Bertz CT molecular complexity index is 510. The number of esters is 2. The van der Waals surface area contributed by atoms with E-state index in [-0.39, 0.29) is 48.7 Å². The third-order valence-electron chi connectivity index (χ3n) is 4.31. The van der Waals surface area contributed by atoms with Crippen LogP contribution in [0.1, 0.15) is 32.6 Å². The van der Waals surface area contributed by atoms with Crippen LogP contribution in [0.5, 0.6) is 0 Å². The SMILES string of the molecule is C=C(C)C(=O)CCCC(=O)OC1C2CC3C(=O)OC1C3O2. The molecule has 5 unspecified atom stereocenters. The van der Waals surface area contributed by atoms with E-state index in [0.29, 0.717) is 18.4 Å². The van der Waals surface area contributed by atoms with Crippen LogP contribution < -0.4 is 0 Å². The molecule has 6 nitrogen and oxygen atoms in total. The molecule has 6 heteroatoms. The molecule has 3 fully saturated rings. The van der Waals surface area contributed by atoms with Crippen LogP contribution >= 0.6 is 0 Å². The standard InChI is InChI=1S/C15H18O6/c1-7(2)9(16)4-3-5-11(17)20-13-10-6-8-12(19-10)14(13)21-15(8)18/h8,10,12-14H,1,3-6H2,2H3. The molecule has 0 aliphatic carbocycles. The molecular formula is C15H18O6. The molecule has 0 aromatic carbocycles. The molecule has 3 rings (SSSR count). The van der Waals surface area contributed by atoms with Crippen molar-refractivity contribution in [1.82, 2.24) is 0 Å². The molecule has 0 saturated carbocycles. The molecule has 0 radical (unpaired) electrons. The van der Waals surface area contributed by atoms with Gasteiger partial charge in [-0.3, -0.25) is 14.4 Å². The van der Waals surface area contributed by atoms with E-state index < -0.39 is 12.2 Å². The second kappa shape index (κ2) is 5.26. The Hall–Kier alpha value is -1.69. The van der Waals surface area contributed by atoms with Gasteiger partial charge in [0.1, 0.15) is 6.10 Å².